The molecule has 9 nitrogen and oxygen atoms in total. The molecule has 164 valence electrons. The Labute approximate surface area is 183 Å². The topological polar surface area (TPSA) is 113 Å². The van der Waals surface area contributed by atoms with E-state index < -0.39 is 15.9 Å². The normalized spacial score (nSPS) is 10.9. The van der Waals surface area contributed by atoms with Gasteiger partial charge in [-0.1, -0.05) is 23.5 Å². The van der Waals surface area contributed by atoms with E-state index in [2.05, 4.69) is 4.98 Å². The highest BCUT2D eigenvalue weighted by Crippen LogP contribution is 2.33. The summed E-state index contributed by atoms with van der Waals surface area (Å²) in [6, 6.07) is 9.04. The van der Waals surface area contributed by atoms with Crippen molar-refractivity contribution in [3.8, 4) is 22.4 Å². The molecule has 11 heteroatoms. The van der Waals surface area contributed by atoms with E-state index in [0.29, 0.717) is 16.5 Å². The first-order valence-electron chi connectivity index (χ1n) is 8.87. The fraction of sp³-hybridized carbons (Fsp3) is 0.200. The molecule has 1 heterocycles. The van der Waals surface area contributed by atoms with Crippen molar-refractivity contribution in [3.63, 3.8) is 0 Å². The van der Waals surface area contributed by atoms with Crippen molar-refractivity contribution in [2.45, 2.75) is 11.5 Å². The van der Waals surface area contributed by atoms with E-state index in [4.69, 9.17) is 18.9 Å². The Morgan fingerprint density at radius 1 is 1.03 bits per heavy atom. The number of hydrogen-bond acceptors (Lipinski definition) is 9. The molecule has 0 atom stereocenters. The number of carbonyl (C=O) groups is 1. The molecule has 0 saturated heterocycles. The molecular weight excluding hydrogens is 444 g/mol. The lowest BCUT2D eigenvalue weighted by atomic mass is 10.1. The Morgan fingerprint density at radius 2 is 1.71 bits per heavy atom. The number of sulfonamides is 1. The first kappa shape index (κ1) is 22.4. The molecule has 2 aromatic carbocycles. The number of carbonyl (C=O) groups excluding carboxylic acids is 1. The van der Waals surface area contributed by atoms with Gasteiger partial charge in [-0.25, -0.2) is 18.1 Å². The second kappa shape index (κ2) is 9.67. The summed E-state index contributed by atoms with van der Waals surface area (Å²) in [6.45, 7) is 0.176. The van der Waals surface area contributed by atoms with Crippen LogP contribution in [0, 0.1) is 0 Å². The molecule has 1 aromatic heterocycles. The van der Waals surface area contributed by atoms with Crippen LogP contribution in [0.3, 0.4) is 0 Å². The standard InChI is InChI=1S/C20H20N2O7S2/c1-26-15-5-4-6-16(27-2)18(15)31(24,25)22-19(23)13-7-8-14(17(11-13)28-3)12-29-20-21-9-10-30-20/h4-11H,12H2,1-3H3,(H,22,23). The number of aromatic nitrogens is 1. The molecule has 1 N–H and O–H groups in total. The average molecular weight is 465 g/mol. The van der Waals surface area contributed by atoms with E-state index in [9.17, 15) is 13.2 Å². The lowest BCUT2D eigenvalue weighted by molar-refractivity contribution is 0.0981. The molecule has 0 saturated carbocycles. The zero-order valence-corrected chi connectivity index (χ0v) is 18.6. The second-order valence-corrected chi connectivity index (χ2v) is 8.52. The summed E-state index contributed by atoms with van der Waals surface area (Å²) >= 11 is 1.35. The molecule has 0 aliphatic rings. The van der Waals surface area contributed by atoms with Gasteiger partial charge in [-0.05, 0) is 24.3 Å². The summed E-state index contributed by atoms with van der Waals surface area (Å²) in [5.74, 6) is -0.367. The van der Waals surface area contributed by atoms with Gasteiger partial charge in [0.25, 0.3) is 21.1 Å². The second-order valence-electron chi connectivity index (χ2n) is 6.04. The average Bonchev–Trinajstić information content (AvgIpc) is 3.30. The first-order valence-corrected chi connectivity index (χ1v) is 11.2. The van der Waals surface area contributed by atoms with Crippen LogP contribution in [0.25, 0.3) is 0 Å². The number of ether oxygens (including phenoxy) is 4. The highest BCUT2D eigenvalue weighted by molar-refractivity contribution is 7.90. The van der Waals surface area contributed by atoms with Crippen molar-refractivity contribution >= 4 is 27.3 Å². The number of hydrogen-bond donors (Lipinski definition) is 1. The van der Waals surface area contributed by atoms with Gasteiger partial charge in [0.2, 0.25) is 0 Å². The van der Waals surface area contributed by atoms with Crippen molar-refractivity contribution in [1.29, 1.82) is 0 Å². The van der Waals surface area contributed by atoms with Gasteiger partial charge in [-0.2, -0.15) is 0 Å². The summed E-state index contributed by atoms with van der Waals surface area (Å²) in [5.41, 5.74) is 0.760. The molecule has 3 rings (SSSR count). The van der Waals surface area contributed by atoms with Crippen LogP contribution in [0.2, 0.25) is 0 Å². The Balaban J connectivity index is 1.83. The third-order valence-electron chi connectivity index (χ3n) is 4.19. The van der Waals surface area contributed by atoms with Crippen LogP contribution in [0.4, 0.5) is 0 Å². The SMILES string of the molecule is COc1cc(C(=O)NS(=O)(=O)c2c(OC)cccc2OC)ccc1COc1nccs1. The van der Waals surface area contributed by atoms with Crippen molar-refractivity contribution < 1.29 is 32.2 Å². The highest BCUT2D eigenvalue weighted by atomic mass is 32.2. The van der Waals surface area contributed by atoms with Crippen molar-refractivity contribution in [1.82, 2.24) is 9.71 Å². The molecule has 0 bridgehead atoms. The lowest BCUT2D eigenvalue weighted by Gasteiger charge is -2.15. The maximum atomic E-state index is 12.9. The number of nitrogens with one attached hydrogen (secondary N) is 1. The van der Waals surface area contributed by atoms with Crippen LogP contribution in [0.5, 0.6) is 22.4 Å². The Morgan fingerprint density at radius 3 is 2.29 bits per heavy atom. The van der Waals surface area contributed by atoms with Gasteiger partial charge in [0.1, 0.15) is 23.9 Å². The number of nitrogens with zero attached hydrogens (tertiary/aromatic N) is 1. The summed E-state index contributed by atoms with van der Waals surface area (Å²) in [6.07, 6.45) is 1.63. The molecule has 0 spiro atoms. The monoisotopic (exact) mass is 464 g/mol. The molecular formula is C20H20N2O7S2. The van der Waals surface area contributed by atoms with Gasteiger partial charge in [0.05, 0.1) is 21.3 Å². The molecule has 0 radical (unpaired) electrons. The van der Waals surface area contributed by atoms with Crippen LogP contribution in [-0.2, 0) is 16.6 Å². The smallest absolute Gasteiger partial charge is 0.273 e. The van der Waals surface area contributed by atoms with E-state index in [1.54, 1.807) is 23.7 Å². The molecule has 0 aliphatic heterocycles. The van der Waals surface area contributed by atoms with Crippen LogP contribution in [0.1, 0.15) is 15.9 Å². The zero-order valence-electron chi connectivity index (χ0n) is 16.9. The fourth-order valence-corrected chi connectivity index (χ4v) is 4.52. The molecule has 0 fully saturated rings. The van der Waals surface area contributed by atoms with Crippen LogP contribution < -0.4 is 23.7 Å². The van der Waals surface area contributed by atoms with E-state index in [0.717, 1.165) is 0 Å². The van der Waals surface area contributed by atoms with Crippen molar-refractivity contribution in [2.75, 3.05) is 21.3 Å². The third kappa shape index (κ3) is 5.06. The minimum atomic E-state index is -4.28. The van der Waals surface area contributed by atoms with Gasteiger partial charge in [-0.3, -0.25) is 4.79 Å². The number of methoxy groups -OCH3 is 3. The van der Waals surface area contributed by atoms with Gasteiger partial charge in [-0.15, -0.1) is 0 Å². The lowest BCUT2D eigenvalue weighted by Crippen LogP contribution is -2.31. The number of amides is 1. The predicted molar refractivity (Wildman–Crippen MR) is 114 cm³/mol. The number of thiazole rings is 1. The quantitative estimate of drug-likeness (QED) is 0.514. The molecule has 3 aromatic rings. The molecule has 0 unspecified atom stereocenters. The first-order chi connectivity index (χ1) is 14.9. The summed E-state index contributed by atoms with van der Waals surface area (Å²) in [4.78, 5) is 16.5. The Hall–Kier alpha value is -3.31. The van der Waals surface area contributed by atoms with E-state index >= 15 is 0 Å². The largest absolute Gasteiger partial charge is 0.496 e. The zero-order chi connectivity index (χ0) is 22.4. The molecule has 31 heavy (non-hydrogen) atoms. The third-order valence-corrected chi connectivity index (χ3v) is 6.27. The minimum absolute atomic E-state index is 0.0481. The van der Waals surface area contributed by atoms with E-state index in [1.165, 1.54) is 56.9 Å². The summed E-state index contributed by atoms with van der Waals surface area (Å²) < 4.78 is 48.9. The number of benzene rings is 2. The van der Waals surface area contributed by atoms with Crippen LogP contribution in [0.15, 0.2) is 52.9 Å². The van der Waals surface area contributed by atoms with Crippen molar-refractivity contribution in [3.05, 3.63) is 59.1 Å². The van der Waals surface area contributed by atoms with E-state index in [-0.39, 0.29) is 28.6 Å². The Kier molecular flexibility index (Phi) is 6.98. The van der Waals surface area contributed by atoms with Crippen LogP contribution in [-0.4, -0.2) is 40.6 Å². The number of rotatable bonds is 9. The van der Waals surface area contributed by atoms with Crippen molar-refractivity contribution in [2.24, 2.45) is 0 Å². The molecule has 0 aliphatic carbocycles. The predicted octanol–water partition coefficient (Wildman–Crippen LogP) is 2.87. The van der Waals surface area contributed by atoms with Gasteiger partial charge in [0.15, 0.2) is 4.90 Å². The molecule has 1 amide bonds. The summed E-state index contributed by atoms with van der Waals surface area (Å²) in [5, 5.41) is 2.29. The summed E-state index contributed by atoms with van der Waals surface area (Å²) in [7, 11) is -0.187. The maximum Gasteiger partial charge on any atom is 0.273 e. The minimum Gasteiger partial charge on any atom is -0.496 e. The van der Waals surface area contributed by atoms with Crippen LogP contribution >= 0.6 is 11.3 Å². The van der Waals surface area contributed by atoms with E-state index in [1.807, 2.05) is 4.72 Å². The van der Waals surface area contributed by atoms with Gasteiger partial charge < -0.3 is 18.9 Å². The van der Waals surface area contributed by atoms with Gasteiger partial charge in [0, 0.05) is 22.7 Å². The van der Waals surface area contributed by atoms with Gasteiger partial charge >= 0.3 is 0 Å². The maximum absolute atomic E-state index is 12.9. The highest BCUT2D eigenvalue weighted by Gasteiger charge is 2.27. The Bertz CT molecular complexity index is 1140. The fourth-order valence-electron chi connectivity index (χ4n) is 2.74.